The smallest absolute Gasteiger partial charge is 0.355 e. The number of phenols is 1. The van der Waals surface area contributed by atoms with Gasteiger partial charge in [-0.3, -0.25) is 0 Å². The number of nitrogens with zero attached hydrogens (tertiary/aromatic N) is 1. The molecule has 0 atom stereocenters. The number of phenolic OH excluding ortho intramolecular Hbond substituents is 1. The van der Waals surface area contributed by atoms with Crippen molar-refractivity contribution < 1.29 is 23.1 Å². The minimum absolute atomic E-state index is 0.00785. The van der Waals surface area contributed by atoms with Crippen molar-refractivity contribution in [3.05, 3.63) is 107 Å². The summed E-state index contributed by atoms with van der Waals surface area (Å²) in [6, 6.07) is 23.2. The fourth-order valence-corrected chi connectivity index (χ4v) is 6.14. The zero-order valence-corrected chi connectivity index (χ0v) is 20.7. The second-order valence-corrected chi connectivity index (χ2v) is 10.6. The Balaban J connectivity index is 1.59. The summed E-state index contributed by atoms with van der Waals surface area (Å²) in [4.78, 5) is 12.7. The van der Waals surface area contributed by atoms with Crippen LogP contribution in [0.4, 0.5) is 0 Å². The molecule has 0 unspecified atom stereocenters. The van der Waals surface area contributed by atoms with Gasteiger partial charge in [-0.05, 0) is 78.4 Å². The van der Waals surface area contributed by atoms with Crippen molar-refractivity contribution in [2.75, 3.05) is 7.11 Å². The molecule has 0 saturated carbocycles. The standard InChI is InChI=1S/C29H25NO5S/c1-19-6-13-25(14-7-19)36(33,34)30-27-15-10-23(26(27)18-28(30)29(32)35-2)17-20-4-3-5-22(16-20)21-8-11-24(31)12-9-21/h3-9,11-14,16-18,31H,10,15H2,1-2H3/b23-17+. The Morgan fingerprint density at radius 1 is 0.944 bits per heavy atom. The maximum Gasteiger partial charge on any atom is 0.355 e. The van der Waals surface area contributed by atoms with Crippen molar-refractivity contribution in [1.82, 2.24) is 3.97 Å². The molecule has 0 spiro atoms. The van der Waals surface area contributed by atoms with Crippen molar-refractivity contribution in [1.29, 1.82) is 0 Å². The summed E-state index contributed by atoms with van der Waals surface area (Å²) < 4.78 is 33.3. The van der Waals surface area contributed by atoms with Crippen LogP contribution in [-0.2, 0) is 21.2 Å². The molecule has 0 radical (unpaired) electrons. The van der Waals surface area contributed by atoms with Gasteiger partial charge in [0.2, 0.25) is 0 Å². The summed E-state index contributed by atoms with van der Waals surface area (Å²) in [5.41, 5.74) is 6.14. The average Bonchev–Trinajstić information content (AvgIpc) is 3.44. The number of allylic oxidation sites excluding steroid dienone is 1. The summed E-state index contributed by atoms with van der Waals surface area (Å²) in [6.07, 6.45) is 3.17. The molecule has 0 amide bonds. The van der Waals surface area contributed by atoms with Gasteiger partial charge in [-0.1, -0.05) is 54.1 Å². The molecule has 3 aromatic carbocycles. The van der Waals surface area contributed by atoms with E-state index >= 15 is 0 Å². The summed E-state index contributed by atoms with van der Waals surface area (Å²) in [7, 11) is -2.75. The zero-order chi connectivity index (χ0) is 25.4. The van der Waals surface area contributed by atoms with Crippen molar-refractivity contribution in [3.8, 4) is 16.9 Å². The van der Waals surface area contributed by atoms with Crippen LogP contribution in [-0.4, -0.2) is 30.6 Å². The Hall–Kier alpha value is -4.10. The lowest BCUT2D eigenvalue weighted by Crippen LogP contribution is -2.21. The quantitative estimate of drug-likeness (QED) is 0.357. The molecule has 5 rings (SSSR count). The normalized spacial score (nSPS) is 14.1. The molecule has 1 aromatic heterocycles. The Kier molecular flexibility index (Phi) is 6.02. The fraction of sp³-hybridized carbons (Fsp3) is 0.138. The maximum atomic E-state index is 13.6. The van der Waals surface area contributed by atoms with Gasteiger partial charge < -0.3 is 9.84 Å². The van der Waals surface area contributed by atoms with Gasteiger partial charge in [0.1, 0.15) is 11.4 Å². The van der Waals surface area contributed by atoms with Gasteiger partial charge in [-0.15, -0.1) is 0 Å². The Morgan fingerprint density at radius 2 is 1.67 bits per heavy atom. The van der Waals surface area contributed by atoms with E-state index in [1.807, 2.05) is 49.4 Å². The number of rotatable bonds is 5. The number of aryl methyl sites for hydroxylation is 1. The van der Waals surface area contributed by atoms with Crippen LogP contribution in [0, 0.1) is 6.92 Å². The van der Waals surface area contributed by atoms with Crippen LogP contribution < -0.4 is 0 Å². The van der Waals surface area contributed by atoms with Crippen molar-refractivity contribution in [3.63, 3.8) is 0 Å². The highest BCUT2D eigenvalue weighted by Gasteiger charge is 2.33. The first-order valence-corrected chi connectivity index (χ1v) is 13.0. The molecule has 0 saturated heterocycles. The molecular formula is C29H25NO5S. The predicted molar refractivity (Wildman–Crippen MR) is 139 cm³/mol. The fourth-order valence-electron chi connectivity index (χ4n) is 4.59. The highest BCUT2D eigenvalue weighted by atomic mass is 32.2. The van der Waals surface area contributed by atoms with E-state index in [0.29, 0.717) is 18.5 Å². The van der Waals surface area contributed by atoms with Crippen LogP contribution >= 0.6 is 0 Å². The van der Waals surface area contributed by atoms with Gasteiger partial charge in [0.25, 0.3) is 10.0 Å². The number of fused-ring (bicyclic) bond motifs is 1. The first-order valence-electron chi connectivity index (χ1n) is 11.5. The lowest BCUT2D eigenvalue weighted by molar-refractivity contribution is 0.0592. The van der Waals surface area contributed by atoms with Gasteiger partial charge in [0.05, 0.1) is 12.0 Å². The molecule has 1 aliphatic rings. The largest absolute Gasteiger partial charge is 0.508 e. The minimum Gasteiger partial charge on any atom is -0.508 e. The second kappa shape index (κ2) is 9.17. The third-order valence-corrected chi connectivity index (χ3v) is 8.18. The monoisotopic (exact) mass is 499 g/mol. The highest BCUT2D eigenvalue weighted by molar-refractivity contribution is 7.90. The molecule has 6 nitrogen and oxygen atoms in total. The SMILES string of the molecule is COC(=O)c1cc2c(n1S(=O)(=O)c1ccc(C)cc1)CC/C2=C\c1cccc(-c2ccc(O)cc2)c1. The van der Waals surface area contributed by atoms with Gasteiger partial charge in [-0.2, -0.15) is 0 Å². The molecule has 1 heterocycles. The predicted octanol–water partition coefficient (Wildman–Crippen LogP) is 5.68. The summed E-state index contributed by atoms with van der Waals surface area (Å²) >= 11 is 0. The molecule has 0 aliphatic heterocycles. The Bertz CT molecular complexity index is 1590. The number of ether oxygens (including phenoxy) is 1. The lowest BCUT2D eigenvalue weighted by Gasteiger charge is -2.12. The number of aromatic nitrogens is 1. The van der Waals surface area contributed by atoms with Crippen LogP contribution in [0.3, 0.4) is 0 Å². The van der Waals surface area contributed by atoms with Crippen molar-refractivity contribution in [2.45, 2.75) is 24.7 Å². The molecule has 1 N–H and O–H groups in total. The topological polar surface area (TPSA) is 85.6 Å². The Labute approximate surface area is 210 Å². The molecule has 1 aliphatic carbocycles. The number of hydrogen-bond donors (Lipinski definition) is 1. The van der Waals surface area contributed by atoms with E-state index in [1.54, 1.807) is 42.5 Å². The second-order valence-electron chi connectivity index (χ2n) is 8.81. The number of benzene rings is 3. The Morgan fingerprint density at radius 3 is 2.36 bits per heavy atom. The van der Waals surface area contributed by atoms with Crippen LogP contribution in [0.25, 0.3) is 22.8 Å². The summed E-state index contributed by atoms with van der Waals surface area (Å²) in [5.74, 6) is -0.490. The van der Waals surface area contributed by atoms with E-state index in [0.717, 1.165) is 37.4 Å². The third-order valence-electron chi connectivity index (χ3n) is 6.41. The van der Waals surface area contributed by atoms with E-state index in [2.05, 4.69) is 0 Å². The van der Waals surface area contributed by atoms with Crippen LogP contribution in [0.2, 0.25) is 0 Å². The van der Waals surface area contributed by atoms with Crippen molar-refractivity contribution in [2.24, 2.45) is 0 Å². The van der Waals surface area contributed by atoms with E-state index in [1.165, 1.54) is 7.11 Å². The number of carbonyl (C=O) groups excluding carboxylic acids is 1. The van der Waals surface area contributed by atoms with Gasteiger partial charge >= 0.3 is 5.97 Å². The lowest BCUT2D eigenvalue weighted by atomic mass is 10.0. The molecular weight excluding hydrogens is 474 g/mol. The van der Waals surface area contributed by atoms with Crippen molar-refractivity contribution >= 4 is 27.6 Å². The average molecular weight is 500 g/mol. The van der Waals surface area contributed by atoms with Gasteiger partial charge in [-0.25, -0.2) is 17.2 Å². The summed E-state index contributed by atoms with van der Waals surface area (Å²) in [5, 5.41) is 9.58. The molecule has 182 valence electrons. The van der Waals surface area contributed by atoms with E-state index in [4.69, 9.17) is 4.74 Å². The molecule has 0 bridgehead atoms. The number of carbonyl (C=O) groups is 1. The number of hydrogen-bond acceptors (Lipinski definition) is 5. The molecule has 36 heavy (non-hydrogen) atoms. The van der Waals surface area contributed by atoms with Crippen LogP contribution in [0.15, 0.2) is 83.8 Å². The van der Waals surface area contributed by atoms with Gasteiger partial charge in [0.15, 0.2) is 0 Å². The first-order chi connectivity index (χ1) is 17.3. The first kappa shape index (κ1) is 23.6. The highest BCUT2D eigenvalue weighted by Crippen LogP contribution is 2.38. The van der Waals surface area contributed by atoms with E-state index < -0.39 is 16.0 Å². The van der Waals surface area contributed by atoms with Crippen LogP contribution in [0.1, 0.15) is 39.3 Å². The number of aromatic hydroxyl groups is 1. The molecule has 7 heteroatoms. The third kappa shape index (κ3) is 4.22. The molecule has 4 aromatic rings. The van der Waals surface area contributed by atoms with Gasteiger partial charge in [0, 0.05) is 11.3 Å². The summed E-state index contributed by atoms with van der Waals surface area (Å²) in [6.45, 7) is 1.89. The molecule has 0 fully saturated rings. The van der Waals surface area contributed by atoms with Crippen LogP contribution in [0.5, 0.6) is 5.75 Å². The number of esters is 1. The number of methoxy groups -OCH3 is 1. The van der Waals surface area contributed by atoms with E-state index in [9.17, 15) is 18.3 Å². The zero-order valence-electron chi connectivity index (χ0n) is 19.9. The maximum absolute atomic E-state index is 13.6. The van der Waals surface area contributed by atoms with E-state index in [-0.39, 0.29) is 16.3 Å². The minimum atomic E-state index is -4.00.